The lowest BCUT2D eigenvalue weighted by atomic mass is 9.83. The number of aromatic nitrogens is 3. The van der Waals surface area contributed by atoms with Crippen LogP contribution in [0.2, 0.25) is 0 Å². The molecule has 2 aliphatic rings. The molecule has 6 nitrogen and oxygen atoms in total. The first-order valence-corrected chi connectivity index (χ1v) is 9.22. The van der Waals surface area contributed by atoms with Gasteiger partial charge in [0.15, 0.2) is 5.16 Å². The number of thioether (sulfide) groups is 1. The van der Waals surface area contributed by atoms with E-state index in [9.17, 15) is 10.1 Å². The molecule has 0 saturated heterocycles. The number of amides is 1. The molecule has 1 amide bonds. The molecular weight excluding hydrogens is 310 g/mol. The molecule has 7 heteroatoms. The lowest BCUT2D eigenvalue weighted by molar-refractivity contribution is -0.121. The van der Waals surface area contributed by atoms with Crippen LogP contribution in [0.5, 0.6) is 0 Å². The zero-order chi connectivity index (χ0) is 16.4. The Morgan fingerprint density at radius 3 is 2.70 bits per heavy atom. The molecule has 23 heavy (non-hydrogen) atoms. The Kier molecular flexibility index (Phi) is 4.62. The average Bonchev–Trinajstić information content (AvgIpc) is 3.33. The second-order valence-corrected chi connectivity index (χ2v) is 7.99. The van der Waals surface area contributed by atoms with Gasteiger partial charge in [0.1, 0.15) is 11.4 Å². The van der Waals surface area contributed by atoms with Crippen molar-refractivity contribution in [2.24, 2.45) is 7.05 Å². The maximum Gasteiger partial charge on any atom is 0.234 e. The van der Waals surface area contributed by atoms with Crippen molar-refractivity contribution in [2.75, 3.05) is 0 Å². The van der Waals surface area contributed by atoms with Crippen molar-refractivity contribution in [2.45, 2.75) is 73.7 Å². The highest BCUT2D eigenvalue weighted by Gasteiger charge is 2.35. The van der Waals surface area contributed by atoms with Gasteiger partial charge in [-0.25, -0.2) is 0 Å². The lowest BCUT2D eigenvalue weighted by Gasteiger charge is -2.32. The fourth-order valence-corrected chi connectivity index (χ4v) is 3.92. The third-order valence-electron chi connectivity index (χ3n) is 4.75. The molecule has 124 valence electrons. The molecule has 1 heterocycles. The molecule has 2 aliphatic carbocycles. The van der Waals surface area contributed by atoms with Crippen LogP contribution in [0.3, 0.4) is 0 Å². The van der Waals surface area contributed by atoms with Crippen LogP contribution in [0.4, 0.5) is 0 Å². The van der Waals surface area contributed by atoms with Gasteiger partial charge in [0.2, 0.25) is 5.91 Å². The topological polar surface area (TPSA) is 83.6 Å². The quantitative estimate of drug-likeness (QED) is 0.837. The van der Waals surface area contributed by atoms with Crippen LogP contribution in [0, 0.1) is 11.3 Å². The van der Waals surface area contributed by atoms with Crippen molar-refractivity contribution >= 4 is 17.7 Å². The minimum atomic E-state index is -0.677. The van der Waals surface area contributed by atoms with E-state index in [1.807, 2.05) is 18.5 Å². The number of hydrogen-bond donors (Lipinski definition) is 1. The molecule has 1 aromatic rings. The predicted molar refractivity (Wildman–Crippen MR) is 87.9 cm³/mol. The van der Waals surface area contributed by atoms with E-state index >= 15 is 0 Å². The van der Waals surface area contributed by atoms with Crippen molar-refractivity contribution in [1.29, 1.82) is 5.26 Å². The summed E-state index contributed by atoms with van der Waals surface area (Å²) in [5.41, 5.74) is -0.677. The summed E-state index contributed by atoms with van der Waals surface area (Å²) >= 11 is 1.41. The first kappa shape index (κ1) is 16.3. The molecule has 2 saturated carbocycles. The summed E-state index contributed by atoms with van der Waals surface area (Å²) in [6.45, 7) is 1.86. The standard InChI is InChI=1S/C16H23N5OS/c1-11(14(22)18-16(10-17)8-4-3-5-9-16)23-15-20-19-13(21(15)2)12-6-7-12/h11-12H,3-9H2,1-2H3,(H,18,22)/t11-/m1/s1. The number of rotatable bonds is 5. The lowest BCUT2D eigenvalue weighted by Crippen LogP contribution is -2.50. The smallest absolute Gasteiger partial charge is 0.234 e. The molecule has 1 atom stereocenters. The normalized spacial score (nSPS) is 21.4. The highest BCUT2D eigenvalue weighted by molar-refractivity contribution is 8.00. The van der Waals surface area contributed by atoms with Crippen molar-refractivity contribution in [1.82, 2.24) is 20.1 Å². The molecule has 0 spiro atoms. The third-order valence-corrected chi connectivity index (χ3v) is 5.88. The van der Waals surface area contributed by atoms with Gasteiger partial charge < -0.3 is 9.88 Å². The van der Waals surface area contributed by atoms with E-state index in [1.54, 1.807) is 0 Å². The Labute approximate surface area is 141 Å². The summed E-state index contributed by atoms with van der Waals surface area (Å²) in [6, 6.07) is 2.33. The highest BCUT2D eigenvalue weighted by atomic mass is 32.2. The van der Waals surface area contributed by atoms with Crippen molar-refractivity contribution in [3.05, 3.63) is 5.82 Å². The number of nitrogens with one attached hydrogen (secondary N) is 1. The second kappa shape index (κ2) is 6.52. The van der Waals surface area contributed by atoms with Crippen LogP contribution in [-0.2, 0) is 11.8 Å². The zero-order valence-electron chi connectivity index (χ0n) is 13.7. The van der Waals surface area contributed by atoms with E-state index in [-0.39, 0.29) is 11.2 Å². The molecule has 0 radical (unpaired) electrons. The summed E-state index contributed by atoms with van der Waals surface area (Å²) in [4.78, 5) is 12.5. The van der Waals surface area contributed by atoms with Crippen LogP contribution < -0.4 is 5.32 Å². The monoisotopic (exact) mass is 333 g/mol. The number of nitrogens with zero attached hydrogens (tertiary/aromatic N) is 4. The summed E-state index contributed by atoms with van der Waals surface area (Å²) in [5.74, 6) is 1.46. The Morgan fingerprint density at radius 1 is 1.39 bits per heavy atom. The van der Waals surface area contributed by atoms with Crippen molar-refractivity contribution < 1.29 is 4.79 Å². The van der Waals surface area contributed by atoms with E-state index < -0.39 is 5.54 Å². The van der Waals surface area contributed by atoms with Gasteiger partial charge in [-0.15, -0.1) is 10.2 Å². The van der Waals surface area contributed by atoms with Crippen molar-refractivity contribution in [3.63, 3.8) is 0 Å². The third kappa shape index (κ3) is 3.52. The SMILES string of the molecule is C[C@@H](Sc1nnc(C2CC2)n1C)C(=O)NC1(C#N)CCCCC1. The summed E-state index contributed by atoms with van der Waals surface area (Å²) in [5, 5.41) is 21.4. The fraction of sp³-hybridized carbons (Fsp3) is 0.750. The molecule has 1 aromatic heterocycles. The summed E-state index contributed by atoms with van der Waals surface area (Å²) in [7, 11) is 1.96. The molecule has 1 N–H and O–H groups in total. The van der Waals surface area contributed by atoms with E-state index in [0.717, 1.165) is 43.1 Å². The maximum atomic E-state index is 12.5. The Bertz CT molecular complexity index is 625. The average molecular weight is 333 g/mol. The van der Waals surface area contributed by atoms with Gasteiger partial charge >= 0.3 is 0 Å². The van der Waals surface area contributed by atoms with Crippen LogP contribution >= 0.6 is 11.8 Å². The molecule has 0 unspecified atom stereocenters. The van der Waals surface area contributed by atoms with Gasteiger partial charge in [0, 0.05) is 13.0 Å². The van der Waals surface area contributed by atoms with E-state index in [4.69, 9.17) is 0 Å². The van der Waals surface area contributed by atoms with Crippen LogP contribution in [0.15, 0.2) is 5.16 Å². The maximum absolute atomic E-state index is 12.5. The molecule has 0 bridgehead atoms. The van der Waals surface area contributed by atoms with Gasteiger partial charge in [-0.3, -0.25) is 4.79 Å². The first-order valence-electron chi connectivity index (χ1n) is 8.34. The van der Waals surface area contributed by atoms with Gasteiger partial charge in [-0.1, -0.05) is 31.0 Å². The minimum Gasteiger partial charge on any atom is -0.337 e. The molecular formula is C16H23N5OS. The predicted octanol–water partition coefficient (Wildman–Crippen LogP) is 2.52. The zero-order valence-corrected chi connectivity index (χ0v) is 14.5. The number of carbonyl (C=O) groups is 1. The number of carbonyl (C=O) groups excluding carboxylic acids is 1. The Morgan fingerprint density at radius 2 is 2.09 bits per heavy atom. The van der Waals surface area contributed by atoms with E-state index in [1.165, 1.54) is 24.6 Å². The van der Waals surface area contributed by atoms with Crippen molar-refractivity contribution in [3.8, 4) is 6.07 Å². The second-order valence-electron chi connectivity index (χ2n) is 6.68. The summed E-state index contributed by atoms with van der Waals surface area (Å²) < 4.78 is 1.99. The number of nitriles is 1. The van der Waals surface area contributed by atoms with Gasteiger partial charge in [0.05, 0.1) is 11.3 Å². The fourth-order valence-electron chi connectivity index (χ4n) is 3.10. The Hall–Kier alpha value is -1.55. The van der Waals surface area contributed by atoms with E-state index in [2.05, 4.69) is 21.6 Å². The largest absolute Gasteiger partial charge is 0.337 e. The van der Waals surface area contributed by atoms with Gasteiger partial charge in [-0.2, -0.15) is 5.26 Å². The number of hydrogen-bond acceptors (Lipinski definition) is 5. The molecule has 3 rings (SSSR count). The Balaban J connectivity index is 1.62. The highest BCUT2D eigenvalue weighted by Crippen LogP contribution is 2.39. The summed E-state index contributed by atoms with van der Waals surface area (Å²) in [6.07, 6.45) is 7.01. The van der Waals surface area contributed by atoms with Gasteiger partial charge in [0.25, 0.3) is 0 Å². The van der Waals surface area contributed by atoms with Crippen LogP contribution in [-0.4, -0.2) is 31.5 Å². The van der Waals surface area contributed by atoms with Crippen LogP contribution in [0.1, 0.15) is 63.6 Å². The van der Waals surface area contributed by atoms with E-state index in [0.29, 0.717) is 5.92 Å². The molecule has 0 aliphatic heterocycles. The first-order chi connectivity index (χ1) is 11.0. The van der Waals surface area contributed by atoms with Crippen LogP contribution in [0.25, 0.3) is 0 Å². The molecule has 0 aromatic carbocycles. The minimum absolute atomic E-state index is 0.0885. The molecule has 2 fully saturated rings. The van der Waals surface area contributed by atoms with Gasteiger partial charge in [-0.05, 0) is 32.6 Å².